The van der Waals surface area contributed by atoms with E-state index in [0.29, 0.717) is 0 Å². The van der Waals surface area contributed by atoms with Gasteiger partial charge < -0.3 is 9.73 Å². The zero-order valence-corrected chi connectivity index (χ0v) is 12.2. The van der Waals surface area contributed by atoms with Gasteiger partial charge in [-0.25, -0.2) is 4.98 Å². The second-order valence-corrected chi connectivity index (χ2v) is 6.61. The number of furan rings is 1. The molecular weight excluding hydrogens is 244 g/mol. The van der Waals surface area contributed by atoms with Crippen molar-refractivity contribution in [1.82, 2.24) is 10.3 Å². The smallest absolute Gasteiger partial charge is 0.117 e. The summed E-state index contributed by atoms with van der Waals surface area (Å²) in [5.74, 6) is 1.94. The molecule has 0 spiro atoms. The number of hydrogen-bond donors (Lipinski definition) is 1. The quantitative estimate of drug-likeness (QED) is 0.916. The minimum absolute atomic E-state index is 0.140. The Hall–Kier alpha value is -1.13. The molecular formula is C14H20N2OS. The summed E-state index contributed by atoms with van der Waals surface area (Å²) in [6.07, 6.45) is 1.96. The zero-order valence-electron chi connectivity index (χ0n) is 11.4. The van der Waals surface area contributed by atoms with Crippen molar-refractivity contribution in [2.75, 3.05) is 0 Å². The maximum absolute atomic E-state index is 5.51. The Labute approximate surface area is 112 Å². The van der Waals surface area contributed by atoms with Crippen molar-refractivity contribution in [2.24, 2.45) is 0 Å². The van der Waals surface area contributed by atoms with Crippen LogP contribution in [0.25, 0.3) is 0 Å². The first-order chi connectivity index (χ1) is 8.45. The van der Waals surface area contributed by atoms with Crippen LogP contribution in [0.4, 0.5) is 0 Å². The van der Waals surface area contributed by atoms with Crippen LogP contribution in [0.5, 0.6) is 0 Å². The van der Waals surface area contributed by atoms with Crippen molar-refractivity contribution in [1.29, 1.82) is 0 Å². The topological polar surface area (TPSA) is 38.1 Å². The molecule has 2 aromatic heterocycles. The van der Waals surface area contributed by atoms with Crippen LogP contribution in [-0.4, -0.2) is 4.98 Å². The lowest BCUT2D eigenvalue weighted by atomic mass is 9.98. The van der Waals surface area contributed by atoms with Gasteiger partial charge in [0, 0.05) is 23.0 Å². The second-order valence-electron chi connectivity index (χ2n) is 5.50. The Morgan fingerprint density at radius 2 is 2.06 bits per heavy atom. The highest BCUT2D eigenvalue weighted by Gasteiger charge is 2.17. The normalized spacial score (nSPS) is 12.0. The van der Waals surface area contributed by atoms with Gasteiger partial charge in [0.1, 0.15) is 11.5 Å². The summed E-state index contributed by atoms with van der Waals surface area (Å²) in [5, 5.41) is 4.56. The van der Waals surface area contributed by atoms with E-state index in [1.54, 1.807) is 11.3 Å². The summed E-state index contributed by atoms with van der Waals surface area (Å²) in [7, 11) is 0. The standard InChI is InChI=1S/C14H20N2OS/c1-10-5-6-11(17-10)7-15-8-12-9-16-13(18-12)14(2,3)4/h5-6,9,15H,7-8H2,1-4H3. The van der Waals surface area contributed by atoms with Crippen LogP contribution in [0, 0.1) is 6.92 Å². The molecule has 1 N–H and O–H groups in total. The number of rotatable bonds is 4. The van der Waals surface area contributed by atoms with Gasteiger partial charge >= 0.3 is 0 Å². The summed E-state index contributed by atoms with van der Waals surface area (Å²) in [5.41, 5.74) is 0.140. The third-order valence-electron chi connectivity index (χ3n) is 2.59. The van der Waals surface area contributed by atoms with Gasteiger partial charge in [-0.05, 0) is 19.1 Å². The van der Waals surface area contributed by atoms with Crippen molar-refractivity contribution in [3.8, 4) is 0 Å². The van der Waals surface area contributed by atoms with Crippen molar-refractivity contribution in [3.63, 3.8) is 0 Å². The van der Waals surface area contributed by atoms with Gasteiger partial charge in [0.25, 0.3) is 0 Å². The first-order valence-electron chi connectivity index (χ1n) is 6.16. The summed E-state index contributed by atoms with van der Waals surface area (Å²) in [4.78, 5) is 5.74. The molecule has 18 heavy (non-hydrogen) atoms. The van der Waals surface area contributed by atoms with E-state index in [-0.39, 0.29) is 5.41 Å². The third-order valence-corrected chi connectivity index (χ3v) is 4.01. The lowest BCUT2D eigenvalue weighted by Crippen LogP contribution is -2.11. The molecule has 3 nitrogen and oxygen atoms in total. The number of thiazole rings is 1. The zero-order chi connectivity index (χ0) is 13.2. The lowest BCUT2D eigenvalue weighted by molar-refractivity contribution is 0.462. The monoisotopic (exact) mass is 264 g/mol. The first-order valence-corrected chi connectivity index (χ1v) is 6.98. The van der Waals surface area contributed by atoms with Gasteiger partial charge in [0.15, 0.2) is 0 Å². The molecule has 0 aliphatic heterocycles. The molecule has 0 atom stereocenters. The van der Waals surface area contributed by atoms with Gasteiger partial charge in [0.05, 0.1) is 11.6 Å². The summed E-state index contributed by atoms with van der Waals surface area (Å²) < 4.78 is 5.51. The molecule has 0 radical (unpaired) electrons. The number of hydrogen-bond acceptors (Lipinski definition) is 4. The second kappa shape index (κ2) is 5.24. The minimum Gasteiger partial charge on any atom is -0.465 e. The van der Waals surface area contributed by atoms with Crippen LogP contribution in [0.15, 0.2) is 22.7 Å². The van der Waals surface area contributed by atoms with E-state index in [4.69, 9.17) is 4.42 Å². The number of nitrogens with one attached hydrogen (secondary N) is 1. The average Bonchev–Trinajstić information content (AvgIpc) is 2.87. The fraction of sp³-hybridized carbons (Fsp3) is 0.500. The van der Waals surface area contributed by atoms with E-state index in [1.165, 1.54) is 9.88 Å². The molecule has 0 saturated carbocycles. The van der Waals surface area contributed by atoms with Crippen molar-refractivity contribution in [3.05, 3.63) is 39.7 Å². The largest absolute Gasteiger partial charge is 0.465 e. The lowest BCUT2D eigenvalue weighted by Gasteiger charge is -2.13. The first kappa shape index (κ1) is 13.3. The molecule has 0 bridgehead atoms. The molecule has 0 aliphatic rings. The van der Waals surface area contributed by atoms with Gasteiger partial charge in [-0.1, -0.05) is 20.8 Å². The molecule has 2 heterocycles. The van der Waals surface area contributed by atoms with Gasteiger partial charge in [-0.3, -0.25) is 0 Å². The summed E-state index contributed by atoms with van der Waals surface area (Å²) >= 11 is 1.78. The Balaban J connectivity index is 1.85. The predicted molar refractivity (Wildman–Crippen MR) is 74.8 cm³/mol. The molecule has 0 saturated heterocycles. The van der Waals surface area contributed by atoms with Crippen LogP contribution in [0.1, 0.15) is 42.2 Å². The van der Waals surface area contributed by atoms with Crippen molar-refractivity contribution >= 4 is 11.3 Å². The summed E-state index contributed by atoms with van der Waals surface area (Å²) in [6, 6.07) is 4.00. The van der Waals surface area contributed by atoms with E-state index < -0.39 is 0 Å². The third kappa shape index (κ3) is 3.43. The highest BCUT2D eigenvalue weighted by Crippen LogP contribution is 2.26. The molecule has 0 unspecified atom stereocenters. The maximum Gasteiger partial charge on any atom is 0.117 e. The van der Waals surface area contributed by atoms with Crippen molar-refractivity contribution < 1.29 is 4.42 Å². The Morgan fingerprint density at radius 3 is 2.61 bits per heavy atom. The van der Waals surface area contributed by atoms with Gasteiger partial charge in [-0.15, -0.1) is 11.3 Å². The van der Waals surface area contributed by atoms with E-state index in [2.05, 4.69) is 31.1 Å². The van der Waals surface area contributed by atoms with E-state index in [9.17, 15) is 0 Å². The van der Waals surface area contributed by atoms with Crippen LogP contribution >= 0.6 is 11.3 Å². The molecule has 0 fully saturated rings. The Bertz CT molecular complexity index is 508. The Morgan fingerprint density at radius 1 is 1.28 bits per heavy atom. The van der Waals surface area contributed by atoms with Crippen molar-refractivity contribution in [2.45, 2.75) is 46.2 Å². The number of aromatic nitrogens is 1. The van der Waals surface area contributed by atoms with Gasteiger partial charge in [0.2, 0.25) is 0 Å². The maximum atomic E-state index is 5.51. The average molecular weight is 264 g/mol. The highest BCUT2D eigenvalue weighted by atomic mass is 32.1. The molecule has 0 aliphatic carbocycles. The predicted octanol–water partition coefficient (Wildman–Crippen LogP) is 3.63. The molecule has 2 rings (SSSR count). The van der Waals surface area contributed by atoms with E-state index in [0.717, 1.165) is 24.6 Å². The highest BCUT2D eigenvalue weighted by molar-refractivity contribution is 7.11. The molecule has 0 amide bonds. The van der Waals surface area contributed by atoms with Crippen LogP contribution in [-0.2, 0) is 18.5 Å². The van der Waals surface area contributed by atoms with Crippen LogP contribution in [0.2, 0.25) is 0 Å². The molecule has 4 heteroatoms. The van der Waals surface area contributed by atoms with E-state index >= 15 is 0 Å². The number of nitrogens with zero attached hydrogens (tertiary/aromatic N) is 1. The van der Waals surface area contributed by atoms with E-state index in [1.807, 2.05) is 25.3 Å². The Kier molecular flexibility index (Phi) is 3.88. The van der Waals surface area contributed by atoms with Gasteiger partial charge in [-0.2, -0.15) is 0 Å². The molecule has 0 aromatic carbocycles. The van der Waals surface area contributed by atoms with Crippen LogP contribution < -0.4 is 5.32 Å². The number of aryl methyl sites for hydroxylation is 1. The van der Waals surface area contributed by atoms with Crippen LogP contribution in [0.3, 0.4) is 0 Å². The summed E-state index contributed by atoms with van der Waals surface area (Å²) in [6.45, 7) is 10.1. The molecule has 2 aromatic rings. The fourth-order valence-corrected chi connectivity index (χ4v) is 2.56. The minimum atomic E-state index is 0.140. The SMILES string of the molecule is Cc1ccc(CNCc2cnc(C(C)(C)C)s2)o1. The molecule has 98 valence electrons. The fourth-order valence-electron chi connectivity index (χ4n) is 1.63.